The third-order valence-corrected chi connectivity index (χ3v) is 2.57. The van der Waals surface area contributed by atoms with Crippen molar-refractivity contribution in [1.29, 1.82) is 0 Å². The number of carboxylic acids is 1. The van der Waals surface area contributed by atoms with E-state index in [2.05, 4.69) is 15.9 Å². The van der Waals surface area contributed by atoms with Crippen molar-refractivity contribution < 1.29 is 15.0 Å². The predicted octanol–water partition coefficient (Wildman–Crippen LogP) is 0.764. The average Bonchev–Trinajstić information content (AvgIpc) is 2.20. The Morgan fingerprint density at radius 1 is 1.40 bits per heavy atom. The van der Waals surface area contributed by atoms with Crippen molar-refractivity contribution in [2.24, 2.45) is 5.73 Å². The second-order valence-corrected chi connectivity index (χ2v) is 4.19. The number of carboxylic acid groups (broad SMARTS) is 1. The normalized spacial score (nSPS) is 14.6. The molecule has 0 heterocycles. The second-order valence-electron chi connectivity index (χ2n) is 3.28. The van der Waals surface area contributed by atoms with Crippen LogP contribution in [-0.2, 0) is 11.2 Å². The number of hydrogen-bond acceptors (Lipinski definition) is 3. The van der Waals surface area contributed by atoms with Gasteiger partial charge in [0, 0.05) is 10.5 Å². The third kappa shape index (κ3) is 3.62. The monoisotopic (exact) mass is 273 g/mol. The maximum atomic E-state index is 10.4. The summed E-state index contributed by atoms with van der Waals surface area (Å²) >= 11 is 3.29. The number of hydrogen-bond donors (Lipinski definition) is 3. The van der Waals surface area contributed by atoms with Crippen molar-refractivity contribution in [3.63, 3.8) is 0 Å². The molecule has 0 aliphatic heterocycles. The van der Waals surface area contributed by atoms with Crippen LogP contribution in [0.4, 0.5) is 0 Å². The molecule has 82 valence electrons. The van der Waals surface area contributed by atoms with Gasteiger partial charge in [-0.3, -0.25) is 0 Å². The lowest BCUT2D eigenvalue weighted by molar-refractivity contribution is -0.147. The fourth-order valence-corrected chi connectivity index (χ4v) is 1.45. The first kappa shape index (κ1) is 12.2. The van der Waals surface area contributed by atoms with Crippen molar-refractivity contribution in [3.8, 4) is 0 Å². The number of aliphatic hydroxyl groups is 1. The van der Waals surface area contributed by atoms with Crippen LogP contribution < -0.4 is 5.73 Å². The third-order valence-electron chi connectivity index (χ3n) is 2.04. The molecule has 0 aliphatic rings. The zero-order valence-corrected chi connectivity index (χ0v) is 9.52. The van der Waals surface area contributed by atoms with Crippen LogP contribution in [0.2, 0.25) is 0 Å². The van der Waals surface area contributed by atoms with Gasteiger partial charge in [-0.25, -0.2) is 4.79 Å². The minimum atomic E-state index is -1.52. The highest BCUT2D eigenvalue weighted by Gasteiger charge is 2.21. The Morgan fingerprint density at radius 2 is 1.93 bits per heavy atom. The fraction of sp³-hybridized carbons (Fsp3) is 0.300. The summed E-state index contributed by atoms with van der Waals surface area (Å²) in [6, 6.07) is 6.56. The molecule has 0 saturated heterocycles. The van der Waals surface area contributed by atoms with Gasteiger partial charge >= 0.3 is 5.97 Å². The highest BCUT2D eigenvalue weighted by Crippen LogP contribution is 2.12. The first-order valence-corrected chi connectivity index (χ1v) is 5.21. The van der Waals surface area contributed by atoms with Gasteiger partial charge in [0.05, 0.1) is 0 Å². The molecule has 1 rings (SSSR count). The highest BCUT2D eigenvalue weighted by atomic mass is 79.9. The van der Waals surface area contributed by atoms with Gasteiger partial charge < -0.3 is 15.9 Å². The van der Waals surface area contributed by atoms with Crippen LogP contribution in [0.15, 0.2) is 28.7 Å². The minimum absolute atomic E-state index is 0.334. The van der Waals surface area contributed by atoms with Gasteiger partial charge in [-0.15, -0.1) is 0 Å². The molecule has 0 saturated carbocycles. The number of carbonyl (C=O) groups is 1. The van der Waals surface area contributed by atoms with Crippen LogP contribution in [0, 0.1) is 0 Å². The molecule has 4 nitrogen and oxygen atoms in total. The Labute approximate surface area is 95.8 Å². The number of rotatable bonds is 4. The molecule has 1 aromatic rings. The van der Waals surface area contributed by atoms with Crippen molar-refractivity contribution in [2.45, 2.75) is 18.6 Å². The average molecular weight is 274 g/mol. The minimum Gasteiger partial charge on any atom is -0.479 e. The highest BCUT2D eigenvalue weighted by molar-refractivity contribution is 9.10. The molecule has 0 bridgehead atoms. The van der Waals surface area contributed by atoms with Gasteiger partial charge in [0.1, 0.15) is 0 Å². The first-order valence-electron chi connectivity index (χ1n) is 4.41. The largest absolute Gasteiger partial charge is 0.479 e. The van der Waals surface area contributed by atoms with Crippen molar-refractivity contribution in [3.05, 3.63) is 34.3 Å². The van der Waals surface area contributed by atoms with E-state index < -0.39 is 18.1 Å². The molecule has 15 heavy (non-hydrogen) atoms. The summed E-state index contributed by atoms with van der Waals surface area (Å²) < 4.78 is 0.943. The molecule has 0 aliphatic carbocycles. The second kappa shape index (κ2) is 5.25. The van der Waals surface area contributed by atoms with E-state index in [0.717, 1.165) is 10.0 Å². The van der Waals surface area contributed by atoms with Crippen LogP contribution in [-0.4, -0.2) is 28.3 Å². The zero-order chi connectivity index (χ0) is 11.4. The maximum Gasteiger partial charge on any atom is 0.334 e. The van der Waals surface area contributed by atoms with Gasteiger partial charge in [-0.05, 0) is 24.1 Å². The van der Waals surface area contributed by atoms with Gasteiger partial charge in [0.15, 0.2) is 6.10 Å². The van der Waals surface area contributed by atoms with Crippen molar-refractivity contribution in [2.75, 3.05) is 0 Å². The van der Waals surface area contributed by atoms with E-state index in [4.69, 9.17) is 10.8 Å². The van der Waals surface area contributed by atoms with Gasteiger partial charge in [0.25, 0.3) is 0 Å². The number of halogens is 1. The molecule has 0 spiro atoms. The molecule has 5 heteroatoms. The molecule has 0 aromatic heterocycles. The van der Waals surface area contributed by atoms with Crippen LogP contribution in [0.5, 0.6) is 0 Å². The summed E-state index contributed by atoms with van der Waals surface area (Å²) in [4.78, 5) is 10.4. The zero-order valence-electron chi connectivity index (χ0n) is 7.93. The summed E-state index contributed by atoms with van der Waals surface area (Å²) in [6.07, 6.45) is -1.19. The summed E-state index contributed by atoms with van der Waals surface area (Å²) in [5.74, 6) is -1.29. The number of aliphatic hydroxyl groups excluding tert-OH is 1. The quantitative estimate of drug-likeness (QED) is 0.757. The van der Waals surface area contributed by atoms with Crippen LogP contribution in [0.3, 0.4) is 0 Å². The van der Waals surface area contributed by atoms with E-state index in [1.54, 1.807) is 0 Å². The summed E-state index contributed by atoms with van der Waals surface area (Å²) in [5, 5.41) is 17.7. The standard InChI is InChI=1S/C10H12BrNO3/c11-7-3-1-6(2-4-7)5-8(12)9(13)10(14)15/h1-4,8-9,13H,5,12H2,(H,14,15). The molecule has 1 aromatic carbocycles. The Morgan fingerprint density at radius 3 is 2.40 bits per heavy atom. The first-order chi connectivity index (χ1) is 7.00. The van der Waals surface area contributed by atoms with Crippen LogP contribution in [0.1, 0.15) is 5.56 Å². The Balaban J connectivity index is 2.62. The van der Waals surface area contributed by atoms with E-state index in [9.17, 15) is 9.90 Å². The fourth-order valence-electron chi connectivity index (χ4n) is 1.19. The van der Waals surface area contributed by atoms with E-state index in [0.29, 0.717) is 6.42 Å². The van der Waals surface area contributed by atoms with Crippen LogP contribution in [0.25, 0.3) is 0 Å². The molecule has 0 radical (unpaired) electrons. The summed E-state index contributed by atoms with van der Waals surface area (Å²) in [6.45, 7) is 0. The van der Waals surface area contributed by atoms with Gasteiger partial charge in [-0.1, -0.05) is 28.1 Å². The van der Waals surface area contributed by atoms with Crippen molar-refractivity contribution >= 4 is 21.9 Å². The lowest BCUT2D eigenvalue weighted by Gasteiger charge is -2.14. The SMILES string of the molecule is NC(Cc1ccc(Br)cc1)C(O)C(=O)O. The number of aliphatic carboxylic acids is 1. The molecule has 0 fully saturated rings. The molecule has 0 amide bonds. The van der Waals surface area contributed by atoms with Crippen LogP contribution >= 0.6 is 15.9 Å². The molecule has 2 atom stereocenters. The van der Waals surface area contributed by atoms with Crippen molar-refractivity contribution in [1.82, 2.24) is 0 Å². The maximum absolute atomic E-state index is 10.4. The smallest absolute Gasteiger partial charge is 0.334 e. The molecular formula is C10H12BrNO3. The molecular weight excluding hydrogens is 262 g/mol. The topological polar surface area (TPSA) is 83.5 Å². The molecule has 4 N–H and O–H groups in total. The van der Waals surface area contributed by atoms with Gasteiger partial charge in [-0.2, -0.15) is 0 Å². The molecule has 2 unspecified atom stereocenters. The van der Waals surface area contributed by atoms with E-state index in [1.807, 2.05) is 24.3 Å². The van der Waals surface area contributed by atoms with E-state index in [-0.39, 0.29) is 0 Å². The van der Waals surface area contributed by atoms with Gasteiger partial charge in [0.2, 0.25) is 0 Å². The predicted molar refractivity (Wildman–Crippen MR) is 59.5 cm³/mol. The summed E-state index contributed by atoms with van der Waals surface area (Å²) in [5.41, 5.74) is 6.44. The number of nitrogens with two attached hydrogens (primary N) is 1. The Hall–Kier alpha value is -0.910. The Kier molecular flexibility index (Phi) is 4.26. The van der Waals surface area contributed by atoms with E-state index >= 15 is 0 Å². The number of benzene rings is 1. The summed E-state index contributed by atoms with van der Waals surface area (Å²) in [7, 11) is 0. The van der Waals surface area contributed by atoms with E-state index in [1.165, 1.54) is 0 Å². The Bertz CT molecular complexity index is 339. The lowest BCUT2D eigenvalue weighted by Crippen LogP contribution is -2.41. The lowest BCUT2D eigenvalue weighted by atomic mass is 10.0.